The second kappa shape index (κ2) is 7.64. The summed E-state index contributed by atoms with van der Waals surface area (Å²) < 4.78 is 2.39. The van der Waals surface area contributed by atoms with E-state index in [0.29, 0.717) is 30.0 Å². The molecule has 1 aliphatic rings. The molecule has 0 radical (unpaired) electrons. The van der Waals surface area contributed by atoms with Crippen LogP contribution in [0.15, 0.2) is 15.7 Å². The van der Waals surface area contributed by atoms with Gasteiger partial charge in [0.2, 0.25) is 0 Å². The zero-order valence-electron chi connectivity index (χ0n) is 16.4. The Morgan fingerprint density at radius 2 is 1.89 bits per heavy atom. The Balaban J connectivity index is 1.91. The van der Waals surface area contributed by atoms with Crippen LogP contribution in [0.25, 0.3) is 11.0 Å². The number of hydrogen-bond donors (Lipinski definition) is 1. The molecule has 0 aromatic carbocycles. The van der Waals surface area contributed by atoms with E-state index in [0.717, 1.165) is 30.5 Å². The van der Waals surface area contributed by atoms with Crippen LogP contribution in [0.2, 0.25) is 0 Å². The van der Waals surface area contributed by atoms with Crippen molar-refractivity contribution in [2.24, 2.45) is 20.0 Å². The van der Waals surface area contributed by atoms with Crippen LogP contribution in [-0.2, 0) is 14.1 Å². The predicted octanol–water partition coefficient (Wildman–Crippen LogP) is 0.402. The fraction of sp³-hybridized carbons (Fsp3) is 0.579. The summed E-state index contributed by atoms with van der Waals surface area (Å²) in [6, 6.07) is 1.65. The molecular formula is C19H27N5O3. The molecule has 1 amide bonds. The minimum Gasteiger partial charge on any atom is -0.337 e. The summed E-state index contributed by atoms with van der Waals surface area (Å²) in [7, 11) is 3.01. The van der Waals surface area contributed by atoms with Gasteiger partial charge in [0.05, 0.1) is 5.39 Å². The maximum atomic E-state index is 12.9. The van der Waals surface area contributed by atoms with Crippen LogP contribution < -0.4 is 16.6 Å². The lowest BCUT2D eigenvalue weighted by Gasteiger charge is -2.32. The van der Waals surface area contributed by atoms with Crippen LogP contribution in [0.1, 0.15) is 35.8 Å². The number of likely N-dealkylation sites (tertiary alicyclic amines) is 1. The van der Waals surface area contributed by atoms with Crippen molar-refractivity contribution in [3.8, 4) is 0 Å². The van der Waals surface area contributed by atoms with E-state index in [9.17, 15) is 14.4 Å². The average Bonchev–Trinajstić information content (AvgIpc) is 2.68. The van der Waals surface area contributed by atoms with Gasteiger partial charge in [-0.1, -0.05) is 6.92 Å². The lowest BCUT2D eigenvalue weighted by Crippen LogP contribution is -2.41. The molecule has 8 nitrogen and oxygen atoms in total. The van der Waals surface area contributed by atoms with Gasteiger partial charge in [-0.3, -0.25) is 18.7 Å². The normalized spacial score (nSPS) is 15.5. The van der Waals surface area contributed by atoms with Gasteiger partial charge in [0.25, 0.3) is 11.5 Å². The van der Waals surface area contributed by atoms with Crippen LogP contribution in [0.4, 0.5) is 0 Å². The molecule has 1 saturated heterocycles. The fourth-order valence-electron chi connectivity index (χ4n) is 3.69. The number of carbonyl (C=O) groups is 1. The molecule has 1 N–H and O–H groups in total. The Morgan fingerprint density at radius 3 is 2.52 bits per heavy atom. The van der Waals surface area contributed by atoms with Gasteiger partial charge in [0.15, 0.2) is 0 Å². The van der Waals surface area contributed by atoms with E-state index in [4.69, 9.17) is 0 Å². The van der Waals surface area contributed by atoms with E-state index in [1.807, 2.05) is 4.90 Å². The lowest BCUT2D eigenvalue weighted by atomic mass is 9.96. The van der Waals surface area contributed by atoms with Gasteiger partial charge in [0, 0.05) is 27.2 Å². The van der Waals surface area contributed by atoms with Gasteiger partial charge in [0.1, 0.15) is 11.3 Å². The zero-order chi connectivity index (χ0) is 19.7. The quantitative estimate of drug-likeness (QED) is 0.838. The van der Waals surface area contributed by atoms with Gasteiger partial charge < -0.3 is 10.2 Å². The molecule has 27 heavy (non-hydrogen) atoms. The van der Waals surface area contributed by atoms with E-state index in [1.165, 1.54) is 11.6 Å². The lowest BCUT2D eigenvalue weighted by molar-refractivity contribution is 0.0684. The molecule has 0 saturated carbocycles. The van der Waals surface area contributed by atoms with Crippen molar-refractivity contribution in [2.45, 2.75) is 26.7 Å². The first-order chi connectivity index (χ1) is 12.8. The van der Waals surface area contributed by atoms with Crippen molar-refractivity contribution in [3.05, 3.63) is 38.2 Å². The molecule has 2 aromatic rings. The first-order valence-electron chi connectivity index (χ1n) is 9.42. The van der Waals surface area contributed by atoms with Gasteiger partial charge in [-0.25, -0.2) is 9.78 Å². The summed E-state index contributed by atoms with van der Waals surface area (Å²) in [5, 5.41) is 3.74. The highest BCUT2D eigenvalue weighted by Crippen LogP contribution is 2.20. The Labute approximate surface area is 157 Å². The number of pyridine rings is 1. The third-order valence-electron chi connectivity index (χ3n) is 5.41. The number of nitrogens with zero attached hydrogens (tertiary/aromatic N) is 4. The molecular weight excluding hydrogens is 346 g/mol. The molecule has 3 heterocycles. The van der Waals surface area contributed by atoms with Gasteiger partial charge in [-0.05, 0) is 50.4 Å². The standard InChI is InChI=1S/C19H27N5O3/c1-5-20-11-13-6-8-24(9-7-13)17(25)14-10-12(2)15-16(21-14)22(3)19(27)23(4)18(15)26/h10,13,20H,5-9,11H2,1-4H3. The monoisotopic (exact) mass is 373 g/mol. The van der Waals surface area contributed by atoms with E-state index >= 15 is 0 Å². The average molecular weight is 373 g/mol. The van der Waals surface area contributed by atoms with Crippen molar-refractivity contribution >= 4 is 16.9 Å². The van der Waals surface area contributed by atoms with Crippen LogP contribution >= 0.6 is 0 Å². The maximum Gasteiger partial charge on any atom is 0.332 e. The van der Waals surface area contributed by atoms with Crippen molar-refractivity contribution in [2.75, 3.05) is 26.2 Å². The van der Waals surface area contributed by atoms with Gasteiger partial charge >= 0.3 is 5.69 Å². The molecule has 3 rings (SSSR count). The summed E-state index contributed by atoms with van der Waals surface area (Å²) in [6.07, 6.45) is 1.93. The minimum atomic E-state index is -0.451. The summed E-state index contributed by atoms with van der Waals surface area (Å²) in [5.41, 5.74) is 0.359. The summed E-state index contributed by atoms with van der Waals surface area (Å²) in [4.78, 5) is 43.8. The summed E-state index contributed by atoms with van der Waals surface area (Å²) in [6.45, 7) is 7.20. The third-order valence-corrected chi connectivity index (χ3v) is 5.41. The van der Waals surface area contributed by atoms with Crippen molar-refractivity contribution in [3.63, 3.8) is 0 Å². The zero-order valence-corrected chi connectivity index (χ0v) is 16.4. The molecule has 0 bridgehead atoms. The Hall–Kier alpha value is -2.48. The molecule has 0 spiro atoms. The van der Waals surface area contributed by atoms with E-state index in [2.05, 4.69) is 17.2 Å². The number of fused-ring (bicyclic) bond motifs is 1. The largest absolute Gasteiger partial charge is 0.337 e. The highest BCUT2D eigenvalue weighted by atomic mass is 16.2. The topological polar surface area (TPSA) is 89.2 Å². The Morgan fingerprint density at radius 1 is 1.22 bits per heavy atom. The maximum absolute atomic E-state index is 12.9. The number of piperidine rings is 1. The van der Waals surface area contributed by atoms with Crippen molar-refractivity contribution in [1.82, 2.24) is 24.3 Å². The van der Waals surface area contributed by atoms with Gasteiger partial charge in [-0.15, -0.1) is 0 Å². The number of aryl methyl sites for hydroxylation is 2. The second-order valence-corrected chi connectivity index (χ2v) is 7.27. The first-order valence-corrected chi connectivity index (χ1v) is 9.42. The molecule has 2 aromatic heterocycles. The number of nitrogens with one attached hydrogen (secondary N) is 1. The van der Waals surface area contributed by atoms with Crippen LogP contribution in [0.5, 0.6) is 0 Å². The van der Waals surface area contributed by atoms with Gasteiger partial charge in [-0.2, -0.15) is 0 Å². The summed E-state index contributed by atoms with van der Waals surface area (Å²) in [5.74, 6) is 0.444. The number of aromatic nitrogens is 3. The predicted molar refractivity (Wildman–Crippen MR) is 104 cm³/mol. The van der Waals surface area contributed by atoms with E-state index < -0.39 is 5.69 Å². The molecule has 0 atom stereocenters. The number of rotatable bonds is 4. The highest BCUT2D eigenvalue weighted by Gasteiger charge is 2.25. The Bertz CT molecular complexity index is 983. The first kappa shape index (κ1) is 19.3. The smallest absolute Gasteiger partial charge is 0.332 e. The third kappa shape index (κ3) is 3.53. The number of hydrogen-bond acceptors (Lipinski definition) is 5. The molecule has 0 unspecified atom stereocenters. The van der Waals surface area contributed by atoms with Crippen LogP contribution in [0.3, 0.4) is 0 Å². The second-order valence-electron chi connectivity index (χ2n) is 7.27. The highest BCUT2D eigenvalue weighted by molar-refractivity contribution is 5.95. The number of carbonyl (C=O) groups excluding carboxylic acids is 1. The fourth-order valence-corrected chi connectivity index (χ4v) is 3.69. The Kier molecular flexibility index (Phi) is 5.46. The van der Waals surface area contributed by atoms with Crippen molar-refractivity contribution in [1.29, 1.82) is 0 Å². The van der Waals surface area contributed by atoms with E-state index in [-0.39, 0.29) is 22.8 Å². The molecule has 1 fully saturated rings. The minimum absolute atomic E-state index is 0.143. The van der Waals surface area contributed by atoms with Crippen LogP contribution in [0, 0.1) is 12.8 Å². The molecule has 8 heteroatoms. The van der Waals surface area contributed by atoms with E-state index in [1.54, 1.807) is 20.0 Å². The SMILES string of the molecule is CCNCC1CCN(C(=O)c2cc(C)c3c(=O)n(C)c(=O)n(C)c3n2)CC1. The molecule has 0 aliphatic carbocycles. The molecule has 146 valence electrons. The van der Waals surface area contributed by atoms with Crippen LogP contribution in [-0.4, -0.2) is 51.1 Å². The summed E-state index contributed by atoms with van der Waals surface area (Å²) >= 11 is 0. The van der Waals surface area contributed by atoms with Crippen molar-refractivity contribution < 1.29 is 4.79 Å². The molecule has 1 aliphatic heterocycles. The number of amides is 1.